The standard InChI is InChI=1S/C20H15Br2N3OS/c21-14-3-1-13(2-4-14)17-9-19(26)25-11-24(12-27-20(25)18(17)10-23)16-7-5-15(22)6-8-16/h1-8,17H,9,11-12H2. The second kappa shape index (κ2) is 7.70. The fourth-order valence-corrected chi connectivity index (χ4v) is 5.05. The number of anilines is 1. The molecule has 0 spiro atoms. The molecule has 27 heavy (non-hydrogen) atoms. The molecule has 2 aromatic carbocycles. The van der Waals surface area contributed by atoms with Gasteiger partial charge in [-0.25, -0.2) is 0 Å². The number of benzene rings is 2. The van der Waals surface area contributed by atoms with Gasteiger partial charge in [0.2, 0.25) is 5.91 Å². The Morgan fingerprint density at radius 1 is 1.04 bits per heavy atom. The van der Waals surface area contributed by atoms with Gasteiger partial charge in [-0.15, -0.1) is 0 Å². The van der Waals surface area contributed by atoms with Crippen LogP contribution < -0.4 is 4.90 Å². The lowest BCUT2D eigenvalue weighted by Gasteiger charge is -2.42. The van der Waals surface area contributed by atoms with E-state index < -0.39 is 0 Å². The molecule has 2 aliphatic heterocycles. The number of hydrogen-bond donors (Lipinski definition) is 0. The van der Waals surface area contributed by atoms with Crippen molar-refractivity contribution >= 4 is 55.2 Å². The summed E-state index contributed by atoms with van der Waals surface area (Å²) in [5.41, 5.74) is 2.76. The van der Waals surface area contributed by atoms with Crippen molar-refractivity contribution < 1.29 is 4.79 Å². The number of carbonyl (C=O) groups is 1. The number of rotatable bonds is 2. The summed E-state index contributed by atoms with van der Waals surface area (Å²) in [5.74, 6) is 0.596. The van der Waals surface area contributed by atoms with Gasteiger partial charge in [0.1, 0.15) is 0 Å². The third kappa shape index (κ3) is 3.66. The fraction of sp³-hybridized carbons (Fsp3) is 0.200. The molecule has 1 fully saturated rings. The molecule has 0 radical (unpaired) electrons. The fourth-order valence-electron chi connectivity index (χ4n) is 3.36. The van der Waals surface area contributed by atoms with E-state index in [1.807, 2.05) is 48.5 Å². The van der Waals surface area contributed by atoms with E-state index in [1.54, 1.807) is 16.7 Å². The third-order valence-electron chi connectivity index (χ3n) is 4.76. The van der Waals surface area contributed by atoms with Crippen LogP contribution >= 0.6 is 43.6 Å². The number of carbonyl (C=O) groups excluding carboxylic acids is 1. The minimum absolute atomic E-state index is 0.0613. The summed E-state index contributed by atoms with van der Waals surface area (Å²) < 4.78 is 2.01. The molecule has 0 aromatic heterocycles. The molecule has 136 valence electrons. The Morgan fingerprint density at radius 3 is 2.30 bits per heavy atom. The molecule has 2 aliphatic rings. The summed E-state index contributed by atoms with van der Waals surface area (Å²) in [4.78, 5) is 16.8. The first-order valence-electron chi connectivity index (χ1n) is 8.40. The molecular weight excluding hydrogens is 490 g/mol. The van der Waals surface area contributed by atoms with Gasteiger partial charge < -0.3 is 4.90 Å². The molecule has 2 aromatic rings. The first-order valence-corrected chi connectivity index (χ1v) is 11.0. The first-order chi connectivity index (χ1) is 13.1. The van der Waals surface area contributed by atoms with Crippen LogP contribution in [0.1, 0.15) is 17.9 Å². The smallest absolute Gasteiger partial charge is 0.229 e. The van der Waals surface area contributed by atoms with Crippen LogP contribution in [-0.4, -0.2) is 23.4 Å². The van der Waals surface area contributed by atoms with E-state index in [9.17, 15) is 10.1 Å². The number of nitrogens with zero attached hydrogens (tertiary/aromatic N) is 3. The maximum atomic E-state index is 12.9. The monoisotopic (exact) mass is 503 g/mol. The van der Waals surface area contributed by atoms with Gasteiger partial charge >= 0.3 is 0 Å². The number of hydrogen-bond acceptors (Lipinski definition) is 4. The van der Waals surface area contributed by atoms with Crippen LogP contribution in [0.2, 0.25) is 0 Å². The maximum Gasteiger partial charge on any atom is 0.229 e. The SMILES string of the molecule is N#CC1=C2SCN(c3ccc(Br)cc3)CN2C(=O)CC1c1ccc(Br)cc1. The number of halogens is 2. The van der Waals surface area contributed by atoms with Crippen LogP contribution in [0.5, 0.6) is 0 Å². The lowest BCUT2D eigenvalue weighted by atomic mass is 9.86. The summed E-state index contributed by atoms with van der Waals surface area (Å²) in [6.07, 6.45) is 0.322. The maximum absolute atomic E-state index is 12.9. The van der Waals surface area contributed by atoms with Gasteiger partial charge in [0.05, 0.1) is 29.2 Å². The highest BCUT2D eigenvalue weighted by Crippen LogP contribution is 2.43. The number of nitriles is 1. The van der Waals surface area contributed by atoms with Crippen molar-refractivity contribution in [1.82, 2.24) is 4.90 Å². The minimum atomic E-state index is -0.173. The Morgan fingerprint density at radius 2 is 1.67 bits per heavy atom. The molecule has 4 rings (SSSR count). The first kappa shape index (κ1) is 18.6. The van der Waals surface area contributed by atoms with E-state index in [4.69, 9.17) is 0 Å². The van der Waals surface area contributed by atoms with Gasteiger partial charge in [-0.2, -0.15) is 5.26 Å². The highest BCUT2D eigenvalue weighted by Gasteiger charge is 2.38. The van der Waals surface area contributed by atoms with Crippen LogP contribution in [-0.2, 0) is 4.79 Å². The van der Waals surface area contributed by atoms with Gasteiger partial charge in [0, 0.05) is 27.0 Å². The van der Waals surface area contributed by atoms with E-state index >= 15 is 0 Å². The van der Waals surface area contributed by atoms with Crippen molar-refractivity contribution in [2.75, 3.05) is 17.4 Å². The second-order valence-corrected chi connectivity index (χ2v) is 9.16. The molecule has 7 heteroatoms. The normalized spacial score (nSPS) is 19.7. The topological polar surface area (TPSA) is 47.3 Å². The van der Waals surface area contributed by atoms with Crippen molar-refractivity contribution in [3.63, 3.8) is 0 Å². The molecule has 0 saturated carbocycles. The molecule has 1 atom stereocenters. The van der Waals surface area contributed by atoms with Crippen LogP contribution in [0.15, 0.2) is 68.1 Å². The average molecular weight is 505 g/mol. The number of amides is 1. The summed E-state index contributed by atoms with van der Waals surface area (Å²) in [6, 6.07) is 18.3. The Hall–Kier alpha value is -1.75. The van der Waals surface area contributed by atoms with Crippen molar-refractivity contribution in [1.29, 1.82) is 5.26 Å². The summed E-state index contributed by atoms with van der Waals surface area (Å²) >= 11 is 8.45. The van der Waals surface area contributed by atoms with Gasteiger partial charge in [0.25, 0.3) is 0 Å². The summed E-state index contributed by atoms with van der Waals surface area (Å²) in [5, 5.41) is 10.6. The molecule has 2 heterocycles. The van der Waals surface area contributed by atoms with Crippen molar-refractivity contribution in [2.24, 2.45) is 0 Å². The Balaban J connectivity index is 1.65. The zero-order valence-electron chi connectivity index (χ0n) is 14.2. The van der Waals surface area contributed by atoms with E-state index in [0.717, 1.165) is 25.2 Å². The van der Waals surface area contributed by atoms with Gasteiger partial charge in [-0.1, -0.05) is 55.8 Å². The van der Waals surface area contributed by atoms with Crippen LogP contribution in [0, 0.1) is 11.3 Å². The summed E-state index contributed by atoms with van der Waals surface area (Å²) in [7, 11) is 0. The van der Waals surface area contributed by atoms with Gasteiger partial charge in [-0.05, 0) is 42.0 Å². The number of allylic oxidation sites excluding steroid dienone is 1. The predicted molar refractivity (Wildman–Crippen MR) is 115 cm³/mol. The van der Waals surface area contributed by atoms with Crippen LogP contribution in [0.4, 0.5) is 5.69 Å². The zero-order chi connectivity index (χ0) is 19.0. The Kier molecular flexibility index (Phi) is 5.31. The lowest BCUT2D eigenvalue weighted by molar-refractivity contribution is -0.129. The molecule has 0 aliphatic carbocycles. The largest absolute Gasteiger partial charge is 0.344 e. The van der Waals surface area contributed by atoms with E-state index in [1.165, 1.54) is 0 Å². The van der Waals surface area contributed by atoms with Crippen LogP contribution in [0.25, 0.3) is 0 Å². The quantitative estimate of drug-likeness (QED) is 0.547. The summed E-state index contributed by atoms with van der Waals surface area (Å²) in [6.45, 7) is 0.473. The van der Waals surface area contributed by atoms with E-state index in [2.05, 4.69) is 42.8 Å². The predicted octanol–water partition coefficient (Wildman–Crippen LogP) is 5.43. The molecule has 0 bridgehead atoms. The van der Waals surface area contributed by atoms with Gasteiger partial charge in [0.15, 0.2) is 0 Å². The van der Waals surface area contributed by atoms with Crippen molar-refractivity contribution in [3.05, 3.63) is 73.6 Å². The number of fused-ring (bicyclic) bond motifs is 1. The molecular formula is C20H15Br2N3OS. The molecule has 4 nitrogen and oxygen atoms in total. The lowest BCUT2D eigenvalue weighted by Crippen LogP contribution is -2.47. The number of thioether (sulfide) groups is 1. The molecule has 0 N–H and O–H groups in total. The van der Waals surface area contributed by atoms with E-state index in [-0.39, 0.29) is 11.8 Å². The highest BCUT2D eigenvalue weighted by molar-refractivity contribution is 9.10. The van der Waals surface area contributed by atoms with E-state index in [0.29, 0.717) is 24.5 Å². The average Bonchev–Trinajstić information content (AvgIpc) is 2.69. The van der Waals surface area contributed by atoms with Crippen molar-refractivity contribution in [2.45, 2.75) is 12.3 Å². The highest BCUT2D eigenvalue weighted by atomic mass is 79.9. The Bertz CT molecular complexity index is 951. The molecule has 1 amide bonds. The molecule has 1 unspecified atom stereocenters. The van der Waals surface area contributed by atoms with Gasteiger partial charge in [-0.3, -0.25) is 9.69 Å². The zero-order valence-corrected chi connectivity index (χ0v) is 18.2. The Labute approximate surface area is 179 Å². The van der Waals surface area contributed by atoms with Crippen molar-refractivity contribution in [3.8, 4) is 6.07 Å². The molecule has 1 saturated heterocycles. The third-order valence-corrected chi connectivity index (χ3v) is 6.97. The minimum Gasteiger partial charge on any atom is -0.344 e. The second-order valence-electron chi connectivity index (χ2n) is 6.39. The van der Waals surface area contributed by atoms with Crippen LogP contribution in [0.3, 0.4) is 0 Å².